The Labute approximate surface area is 124 Å². The second-order valence-electron chi connectivity index (χ2n) is 3.71. The van der Waals surface area contributed by atoms with E-state index in [1.165, 1.54) is 24.3 Å². The SMILES string of the molecule is Fc1ccc(C(Cl)(Cl)c2cc(Cl)ccc2Cl)cc1. The Bertz CT molecular complexity index is 564. The van der Waals surface area contributed by atoms with Crippen molar-refractivity contribution in [3.63, 3.8) is 0 Å². The molecule has 0 radical (unpaired) electrons. The van der Waals surface area contributed by atoms with Gasteiger partial charge in [0.05, 0.1) is 0 Å². The van der Waals surface area contributed by atoms with Gasteiger partial charge in [-0.25, -0.2) is 4.39 Å². The highest BCUT2D eigenvalue weighted by Gasteiger charge is 2.31. The Hall–Kier alpha value is -0.470. The van der Waals surface area contributed by atoms with Gasteiger partial charge in [-0.05, 0) is 35.9 Å². The van der Waals surface area contributed by atoms with Crippen LogP contribution in [-0.2, 0) is 4.33 Å². The molecule has 0 N–H and O–H groups in total. The van der Waals surface area contributed by atoms with E-state index in [2.05, 4.69) is 0 Å². The molecule has 0 amide bonds. The fraction of sp³-hybridized carbons (Fsp3) is 0.0769. The average molecular weight is 324 g/mol. The Balaban J connectivity index is 2.53. The fourth-order valence-corrected chi connectivity index (χ4v) is 2.65. The molecule has 0 heterocycles. The van der Waals surface area contributed by atoms with Crippen LogP contribution in [0.25, 0.3) is 0 Å². The molecule has 0 fully saturated rings. The zero-order valence-corrected chi connectivity index (χ0v) is 12.0. The van der Waals surface area contributed by atoms with Crippen LogP contribution in [0, 0.1) is 5.82 Å². The third kappa shape index (κ3) is 2.75. The molecule has 0 spiro atoms. The topological polar surface area (TPSA) is 0 Å². The van der Waals surface area contributed by atoms with Gasteiger partial charge in [-0.1, -0.05) is 58.5 Å². The standard InChI is InChI=1S/C13H7Cl4F/c14-9-3-6-12(15)11(7-9)13(16,17)8-1-4-10(18)5-2-8/h1-7H. The van der Waals surface area contributed by atoms with Gasteiger partial charge in [-0.3, -0.25) is 0 Å². The summed E-state index contributed by atoms with van der Waals surface area (Å²) in [5.74, 6) is -0.361. The summed E-state index contributed by atoms with van der Waals surface area (Å²) in [4.78, 5) is 0. The maximum absolute atomic E-state index is 12.9. The van der Waals surface area contributed by atoms with Gasteiger partial charge >= 0.3 is 0 Å². The van der Waals surface area contributed by atoms with E-state index < -0.39 is 4.33 Å². The molecule has 0 aliphatic heterocycles. The van der Waals surface area contributed by atoms with Gasteiger partial charge in [-0.2, -0.15) is 0 Å². The first-order valence-corrected chi connectivity index (χ1v) is 6.52. The zero-order valence-electron chi connectivity index (χ0n) is 8.93. The first-order chi connectivity index (χ1) is 8.41. The van der Waals surface area contributed by atoms with Crippen molar-refractivity contribution in [2.24, 2.45) is 0 Å². The van der Waals surface area contributed by atoms with Crippen LogP contribution in [0.1, 0.15) is 11.1 Å². The highest BCUT2D eigenvalue weighted by Crippen LogP contribution is 2.44. The van der Waals surface area contributed by atoms with Gasteiger partial charge in [-0.15, -0.1) is 0 Å². The van der Waals surface area contributed by atoms with E-state index in [1.54, 1.807) is 18.2 Å². The minimum atomic E-state index is -1.38. The van der Waals surface area contributed by atoms with Crippen LogP contribution < -0.4 is 0 Å². The summed E-state index contributed by atoms with van der Waals surface area (Å²) in [6, 6.07) is 10.4. The summed E-state index contributed by atoms with van der Waals surface area (Å²) in [5.41, 5.74) is 0.989. The van der Waals surface area contributed by atoms with Crippen LogP contribution in [0.5, 0.6) is 0 Å². The summed E-state index contributed by atoms with van der Waals surface area (Å²) < 4.78 is 11.5. The number of hydrogen-bond donors (Lipinski definition) is 0. The lowest BCUT2D eigenvalue weighted by Gasteiger charge is -2.22. The molecule has 0 aliphatic rings. The highest BCUT2D eigenvalue weighted by atomic mass is 35.5. The normalized spacial score (nSPS) is 11.6. The number of rotatable bonds is 2. The monoisotopic (exact) mass is 322 g/mol. The van der Waals surface area contributed by atoms with Crippen LogP contribution in [-0.4, -0.2) is 0 Å². The fourth-order valence-electron chi connectivity index (χ4n) is 1.55. The number of benzene rings is 2. The van der Waals surface area contributed by atoms with E-state index in [0.29, 0.717) is 21.2 Å². The quantitative estimate of drug-likeness (QED) is 0.612. The van der Waals surface area contributed by atoms with E-state index in [9.17, 15) is 4.39 Å². The summed E-state index contributed by atoms with van der Waals surface area (Å²) in [7, 11) is 0. The molecule has 0 saturated heterocycles. The molecule has 2 aromatic carbocycles. The molecule has 94 valence electrons. The molecule has 0 aliphatic carbocycles. The van der Waals surface area contributed by atoms with Crippen molar-refractivity contribution in [3.8, 4) is 0 Å². The molecule has 0 saturated carbocycles. The van der Waals surface area contributed by atoms with Gasteiger partial charge in [0.15, 0.2) is 4.33 Å². The highest BCUT2D eigenvalue weighted by molar-refractivity contribution is 6.51. The third-order valence-corrected chi connectivity index (χ3v) is 3.88. The van der Waals surface area contributed by atoms with Crippen molar-refractivity contribution in [2.45, 2.75) is 4.33 Å². The van der Waals surface area contributed by atoms with Gasteiger partial charge in [0, 0.05) is 15.6 Å². The van der Waals surface area contributed by atoms with Crippen molar-refractivity contribution in [1.29, 1.82) is 0 Å². The van der Waals surface area contributed by atoms with E-state index >= 15 is 0 Å². The maximum Gasteiger partial charge on any atom is 0.169 e. The molecule has 5 heteroatoms. The Morgan fingerprint density at radius 2 is 1.50 bits per heavy atom. The molecule has 18 heavy (non-hydrogen) atoms. The summed E-state index contributed by atoms with van der Waals surface area (Å²) in [6.45, 7) is 0. The van der Waals surface area contributed by atoms with E-state index in [0.717, 1.165) is 0 Å². The molecular formula is C13H7Cl4F. The number of hydrogen-bond acceptors (Lipinski definition) is 0. The van der Waals surface area contributed by atoms with Gasteiger partial charge in [0.2, 0.25) is 0 Å². The predicted molar refractivity (Wildman–Crippen MR) is 75.3 cm³/mol. The molecule has 2 aromatic rings. The number of halogens is 5. The van der Waals surface area contributed by atoms with Crippen LogP contribution in [0.3, 0.4) is 0 Å². The van der Waals surface area contributed by atoms with Crippen molar-refractivity contribution in [2.75, 3.05) is 0 Å². The first kappa shape index (κ1) is 14.0. The molecule has 0 nitrogen and oxygen atoms in total. The van der Waals surface area contributed by atoms with Crippen LogP contribution in [0.4, 0.5) is 4.39 Å². The summed E-state index contributed by atoms with van der Waals surface area (Å²) >= 11 is 24.6. The lowest BCUT2D eigenvalue weighted by Crippen LogP contribution is -2.13. The minimum Gasteiger partial charge on any atom is -0.207 e. The average Bonchev–Trinajstić information content (AvgIpc) is 2.32. The minimum absolute atomic E-state index is 0.361. The lowest BCUT2D eigenvalue weighted by molar-refractivity contribution is 0.627. The van der Waals surface area contributed by atoms with Crippen molar-refractivity contribution in [1.82, 2.24) is 0 Å². The van der Waals surface area contributed by atoms with E-state index in [4.69, 9.17) is 46.4 Å². The van der Waals surface area contributed by atoms with Crippen LogP contribution in [0.2, 0.25) is 10.0 Å². The van der Waals surface area contributed by atoms with Gasteiger partial charge in [0.1, 0.15) is 5.82 Å². The molecule has 0 unspecified atom stereocenters. The Morgan fingerprint density at radius 1 is 0.889 bits per heavy atom. The number of alkyl halides is 2. The summed E-state index contributed by atoms with van der Waals surface area (Å²) in [6.07, 6.45) is 0. The van der Waals surface area contributed by atoms with E-state index in [1.807, 2.05) is 0 Å². The molecule has 0 atom stereocenters. The molecule has 2 rings (SSSR count). The second-order valence-corrected chi connectivity index (χ2v) is 5.88. The predicted octanol–water partition coefficient (Wildman–Crippen LogP) is 5.81. The Morgan fingerprint density at radius 3 is 2.11 bits per heavy atom. The van der Waals surface area contributed by atoms with Crippen molar-refractivity contribution >= 4 is 46.4 Å². The first-order valence-electron chi connectivity index (χ1n) is 5.00. The van der Waals surface area contributed by atoms with Crippen molar-refractivity contribution in [3.05, 3.63) is 69.5 Å². The van der Waals surface area contributed by atoms with Crippen LogP contribution >= 0.6 is 46.4 Å². The second kappa shape index (κ2) is 5.26. The Kier molecular flexibility index (Phi) is 4.08. The van der Waals surface area contributed by atoms with Crippen molar-refractivity contribution < 1.29 is 4.39 Å². The van der Waals surface area contributed by atoms with Gasteiger partial charge < -0.3 is 0 Å². The van der Waals surface area contributed by atoms with Crippen LogP contribution in [0.15, 0.2) is 42.5 Å². The van der Waals surface area contributed by atoms with E-state index in [-0.39, 0.29) is 5.82 Å². The molecular weight excluding hydrogens is 317 g/mol. The lowest BCUT2D eigenvalue weighted by atomic mass is 10.0. The largest absolute Gasteiger partial charge is 0.207 e. The third-order valence-electron chi connectivity index (χ3n) is 2.47. The maximum atomic E-state index is 12.9. The van der Waals surface area contributed by atoms with Gasteiger partial charge in [0.25, 0.3) is 0 Å². The molecule has 0 aromatic heterocycles. The zero-order chi connectivity index (χ0) is 13.3. The summed E-state index contributed by atoms with van der Waals surface area (Å²) in [5, 5.41) is 0.871. The molecule has 0 bridgehead atoms. The smallest absolute Gasteiger partial charge is 0.169 e.